The van der Waals surface area contributed by atoms with Crippen LogP contribution in [-0.2, 0) is 25.8 Å². The predicted molar refractivity (Wildman–Crippen MR) is 115 cm³/mol. The number of aromatic nitrogens is 3. The van der Waals surface area contributed by atoms with Crippen LogP contribution in [0.1, 0.15) is 53.5 Å². The van der Waals surface area contributed by atoms with Gasteiger partial charge in [-0.15, -0.1) is 0 Å². The first-order chi connectivity index (χ1) is 14.2. The van der Waals surface area contributed by atoms with Gasteiger partial charge < -0.3 is 16.0 Å². The van der Waals surface area contributed by atoms with Crippen LogP contribution in [-0.4, -0.2) is 53.4 Å². The zero-order valence-corrected chi connectivity index (χ0v) is 17.7. The van der Waals surface area contributed by atoms with E-state index < -0.39 is 0 Å². The Bertz CT molecular complexity index is 773. The smallest absolute Gasteiger partial charge is 0.272 e. The number of amides is 1. The maximum Gasteiger partial charge on any atom is 0.272 e. The average Bonchev–Trinajstić information content (AvgIpc) is 3.10. The Morgan fingerprint density at radius 2 is 2.07 bits per heavy atom. The van der Waals surface area contributed by atoms with Crippen LogP contribution in [0.4, 0.5) is 0 Å². The van der Waals surface area contributed by atoms with Crippen LogP contribution >= 0.6 is 0 Å². The summed E-state index contributed by atoms with van der Waals surface area (Å²) in [5.41, 5.74) is 4.30. The number of carbonyl (C=O) groups excluding carboxylic acids is 1. The van der Waals surface area contributed by atoms with Crippen molar-refractivity contribution in [3.63, 3.8) is 0 Å². The molecular weight excluding hydrogens is 364 g/mol. The van der Waals surface area contributed by atoms with Crippen LogP contribution in [0.5, 0.6) is 0 Å². The van der Waals surface area contributed by atoms with Gasteiger partial charge in [0.15, 0.2) is 5.69 Å². The average molecular weight is 399 g/mol. The molecule has 0 aliphatic heterocycles. The van der Waals surface area contributed by atoms with E-state index in [1.165, 1.54) is 11.3 Å². The van der Waals surface area contributed by atoms with E-state index in [2.05, 4.69) is 44.7 Å². The Kier molecular flexibility index (Phi) is 8.19. The molecule has 1 atom stereocenters. The number of hydrogen-bond acceptors (Lipinski definition) is 5. The topological polar surface area (TPSA) is 83.9 Å². The lowest BCUT2D eigenvalue weighted by Crippen LogP contribution is -2.37. The van der Waals surface area contributed by atoms with E-state index in [0.717, 1.165) is 63.7 Å². The van der Waals surface area contributed by atoms with Gasteiger partial charge in [-0.1, -0.05) is 6.92 Å². The summed E-state index contributed by atoms with van der Waals surface area (Å²) in [5.74, 6) is -0.0374. The van der Waals surface area contributed by atoms with Gasteiger partial charge in [-0.25, -0.2) is 0 Å². The van der Waals surface area contributed by atoms with Gasteiger partial charge in [-0.3, -0.25) is 14.5 Å². The maximum absolute atomic E-state index is 12.8. The Morgan fingerprint density at radius 1 is 1.24 bits per heavy atom. The molecule has 0 radical (unpaired) electrons. The molecule has 2 aromatic heterocycles. The van der Waals surface area contributed by atoms with Crippen molar-refractivity contribution in [1.82, 2.24) is 30.7 Å². The molecule has 1 aliphatic carbocycles. The number of fused-ring (bicyclic) bond motifs is 1. The van der Waals surface area contributed by atoms with Gasteiger partial charge in [0.2, 0.25) is 0 Å². The third-order valence-electron chi connectivity index (χ3n) is 5.48. The summed E-state index contributed by atoms with van der Waals surface area (Å²) >= 11 is 0. The van der Waals surface area contributed by atoms with Gasteiger partial charge in [0, 0.05) is 42.8 Å². The molecular formula is C22H34N6O. The number of hydrogen-bond donors (Lipinski definition) is 3. The van der Waals surface area contributed by atoms with Gasteiger partial charge in [-0.05, 0) is 76.4 Å². The van der Waals surface area contributed by atoms with E-state index in [9.17, 15) is 4.79 Å². The Balaban J connectivity index is 1.62. The number of aryl methyl sites for hydroxylation is 1. The lowest BCUT2D eigenvalue weighted by molar-refractivity contribution is 0.0946. The van der Waals surface area contributed by atoms with Gasteiger partial charge in [0.1, 0.15) is 0 Å². The first-order valence-electron chi connectivity index (χ1n) is 10.9. The fourth-order valence-corrected chi connectivity index (χ4v) is 3.96. The minimum Gasteiger partial charge on any atom is -0.351 e. The minimum atomic E-state index is -0.0374. The highest BCUT2D eigenvalue weighted by Crippen LogP contribution is 2.25. The fourth-order valence-electron chi connectivity index (χ4n) is 3.96. The molecule has 7 heteroatoms. The SMILES string of the molecule is CCCn1nc(C(=O)NCCCNC)c2c1CCC(NCCc1ccncc1)C2. The van der Waals surface area contributed by atoms with Gasteiger partial charge in [-0.2, -0.15) is 5.10 Å². The van der Waals surface area contributed by atoms with Crippen LogP contribution in [0, 0.1) is 0 Å². The van der Waals surface area contributed by atoms with E-state index in [1.807, 2.05) is 19.4 Å². The van der Waals surface area contributed by atoms with Crippen molar-refractivity contribution in [2.24, 2.45) is 0 Å². The Hall–Kier alpha value is -2.25. The van der Waals surface area contributed by atoms with Crippen molar-refractivity contribution >= 4 is 5.91 Å². The monoisotopic (exact) mass is 398 g/mol. The van der Waals surface area contributed by atoms with Gasteiger partial charge in [0.05, 0.1) is 0 Å². The quantitative estimate of drug-likeness (QED) is 0.502. The van der Waals surface area contributed by atoms with Crippen molar-refractivity contribution in [3.8, 4) is 0 Å². The summed E-state index contributed by atoms with van der Waals surface area (Å²) in [5, 5.41) is 14.5. The standard InChI is InChI=1S/C22H34N6O/c1-3-15-28-20-6-5-18(25-14-9-17-7-12-24-13-8-17)16-19(20)21(27-28)22(29)26-11-4-10-23-2/h7-8,12-13,18,23,25H,3-6,9-11,14-16H2,1-2H3,(H,26,29). The highest BCUT2D eigenvalue weighted by molar-refractivity contribution is 5.94. The second-order valence-corrected chi connectivity index (χ2v) is 7.71. The van der Waals surface area contributed by atoms with Crippen molar-refractivity contribution in [2.75, 3.05) is 26.7 Å². The number of carbonyl (C=O) groups is 1. The Labute approximate surface area is 173 Å². The highest BCUT2D eigenvalue weighted by Gasteiger charge is 2.28. The van der Waals surface area contributed by atoms with E-state index >= 15 is 0 Å². The van der Waals surface area contributed by atoms with Gasteiger partial charge >= 0.3 is 0 Å². The van der Waals surface area contributed by atoms with Crippen molar-refractivity contribution < 1.29 is 4.79 Å². The molecule has 3 N–H and O–H groups in total. The summed E-state index contributed by atoms with van der Waals surface area (Å²) in [6, 6.07) is 4.51. The molecule has 2 heterocycles. The molecule has 0 spiro atoms. The molecule has 1 aliphatic rings. The molecule has 7 nitrogen and oxygen atoms in total. The van der Waals surface area contributed by atoms with E-state index in [1.54, 1.807) is 0 Å². The molecule has 158 valence electrons. The molecule has 0 fully saturated rings. The molecule has 29 heavy (non-hydrogen) atoms. The summed E-state index contributed by atoms with van der Waals surface area (Å²) in [6.45, 7) is 5.51. The van der Waals surface area contributed by atoms with E-state index in [4.69, 9.17) is 5.10 Å². The molecule has 3 rings (SSSR count). The number of pyridine rings is 1. The number of nitrogens with one attached hydrogen (secondary N) is 3. The lowest BCUT2D eigenvalue weighted by atomic mass is 9.91. The molecule has 0 bridgehead atoms. The molecule has 0 saturated carbocycles. The first kappa shape index (κ1) is 21.5. The molecule has 1 unspecified atom stereocenters. The molecule has 1 amide bonds. The maximum atomic E-state index is 12.8. The van der Waals surface area contributed by atoms with E-state index in [-0.39, 0.29) is 5.91 Å². The van der Waals surface area contributed by atoms with Crippen LogP contribution in [0.3, 0.4) is 0 Å². The first-order valence-corrected chi connectivity index (χ1v) is 10.9. The highest BCUT2D eigenvalue weighted by atomic mass is 16.1. The summed E-state index contributed by atoms with van der Waals surface area (Å²) < 4.78 is 2.06. The van der Waals surface area contributed by atoms with Crippen LogP contribution in [0.25, 0.3) is 0 Å². The van der Waals surface area contributed by atoms with Crippen LogP contribution in [0.2, 0.25) is 0 Å². The van der Waals surface area contributed by atoms with E-state index in [0.29, 0.717) is 18.3 Å². The second-order valence-electron chi connectivity index (χ2n) is 7.71. The predicted octanol–water partition coefficient (Wildman–Crippen LogP) is 1.72. The summed E-state index contributed by atoms with van der Waals surface area (Å²) in [6.07, 6.45) is 9.53. The van der Waals surface area contributed by atoms with Crippen LogP contribution in [0.15, 0.2) is 24.5 Å². The van der Waals surface area contributed by atoms with Crippen molar-refractivity contribution in [1.29, 1.82) is 0 Å². The zero-order chi connectivity index (χ0) is 20.5. The summed E-state index contributed by atoms with van der Waals surface area (Å²) in [4.78, 5) is 16.8. The normalized spacial score (nSPS) is 15.9. The minimum absolute atomic E-state index is 0.0374. The molecule has 2 aromatic rings. The lowest BCUT2D eigenvalue weighted by Gasteiger charge is -2.24. The molecule has 0 aromatic carbocycles. The zero-order valence-electron chi connectivity index (χ0n) is 17.7. The number of nitrogens with zero attached hydrogens (tertiary/aromatic N) is 3. The molecule has 0 saturated heterocycles. The second kappa shape index (κ2) is 11.1. The Morgan fingerprint density at radius 3 is 2.83 bits per heavy atom. The summed E-state index contributed by atoms with van der Waals surface area (Å²) in [7, 11) is 1.92. The largest absolute Gasteiger partial charge is 0.351 e. The fraction of sp³-hybridized carbons (Fsp3) is 0.591. The third-order valence-corrected chi connectivity index (χ3v) is 5.48. The number of rotatable bonds is 11. The third kappa shape index (κ3) is 5.87. The van der Waals surface area contributed by atoms with Crippen molar-refractivity contribution in [2.45, 2.75) is 58.0 Å². The van der Waals surface area contributed by atoms with Crippen molar-refractivity contribution in [3.05, 3.63) is 47.0 Å². The van der Waals surface area contributed by atoms with Crippen LogP contribution < -0.4 is 16.0 Å². The van der Waals surface area contributed by atoms with Gasteiger partial charge in [0.25, 0.3) is 5.91 Å².